The molecule has 1 aliphatic rings. The summed E-state index contributed by atoms with van der Waals surface area (Å²) in [5.74, 6) is 0.873. The van der Waals surface area contributed by atoms with Gasteiger partial charge in [-0.25, -0.2) is 0 Å². The van der Waals surface area contributed by atoms with Gasteiger partial charge in [0.2, 0.25) is 0 Å². The van der Waals surface area contributed by atoms with Crippen molar-refractivity contribution in [2.75, 3.05) is 19.5 Å². The first-order valence-corrected chi connectivity index (χ1v) is 9.41. The first-order chi connectivity index (χ1) is 11.6. The van der Waals surface area contributed by atoms with Crippen molar-refractivity contribution < 1.29 is 9.47 Å². The van der Waals surface area contributed by atoms with Gasteiger partial charge in [0.25, 0.3) is 5.56 Å². The number of nitrogens with zero attached hydrogens (tertiary/aromatic N) is 1. The van der Waals surface area contributed by atoms with Crippen LogP contribution in [0.1, 0.15) is 18.4 Å². The van der Waals surface area contributed by atoms with Gasteiger partial charge in [-0.3, -0.25) is 4.79 Å². The highest BCUT2D eigenvalue weighted by molar-refractivity contribution is 7.98. The summed E-state index contributed by atoms with van der Waals surface area (Å²) in [6.07, 6.45) is 5.95. The van der Waals surface area contributed by atoms with Crippen molar-refractivity contribution in [3.05, 3.63) is 46.4 Å². The van der Waals surface area contributed by atoms with Crippen molar-refractivity contribution >= 4 is 11.8 Å². The molecule has 1 aromatic heterocycles. The van der Waals surface area contributed by atoms with E-state index in [0.29, 0.717) is 0 Å². The van der Waals surface area contributed by atoms with Crippen molar-refractivity contribution in [2.24, 2.45) is 7.05 Å². The van der Waals surface area contributed by atoms with E-state index in [2.05, 4.69) is 18.4 Å². The highest BCUT2D eigenvalue weighted by atomic mass is 32.2. The number of aryl methyl sites for hydroxylation is 2. The highest BCUT2D eigenvalue weighted by Gasteiger charge is 2.18. The van der Waals surface area contributed by atoms with Crippen LogP contribution in [0, 0.1) is 6.92 Å². The third-order valence-corrected chi connectivity index (χ3v) is 5.05. The molecule has 0 N–H and O–H groups in total. The Bertz CT molecular complexity index is 752. The number of ether oxygens (including phenoxy) is 2. The molecule has 0 unspecified atom stereocenters. The number of thioether (sulfide) groups is 1. The van der Waals surface area contributed by atoms with E-state index in [1.165, 1.54) is 4.90 Å². The maximum absolute atomic E-state index is 12.0. The number of hydrogen-bond donors (Lipinski definition) is 0. The van der Waals surface area contributed by atoms with E-state index in [4.69, 9.17) is 9.47 Å². The van der Waals surface area contributed by atoms with Gasteiger partial charge in [-0.15, -0.1) is 11.8 Å². The second-order valence-corrected chi connectivity index (χ2v) is 7.00. The molecule has 0 saturated carbocycles. The molecular formula is C19H23NO3S. The molecular weight excluding hydrogens is 322 g/mol. The number of rotatable bonds is 4. The molecule has 0 spiro atoms. The van der Waals surface area contributed by atoms with E-state index in [-0.39, 0.29) is 11.7 Å². The average molecular weight is 345 g/mol. The Hall–Kier alpha value is -1.72. The summed E-state index contributed by atoms with van der Waals surface area (Å²) in [6.45, 7) is 3.35. The van der Waals surface area contributed by atoms with Gasteiger partial charge >= 0.3 is 0 Å². The Balaban J connectivity index is 2.02. The molecule has 5 heteroatoms. The number of aromatic nitrogens is 1. The summed E-state index contributed by atoms with van der Waals surface area (Å²) in [6, 6.07) is 8.20. The molecule has 1 aliphatic heterocycles. The maximum atomic E-state index is 12.0. The van der Waals surface area contributed by atoms with Gasteiger partial charge in [0, 0.05) is 47.7 Å². The normalized spacial score (nSPS) is 15.5. The van der Waals surface area contributed by atoms with E-state index in [1.54, 1.807) is 23.4 Å². The van der Waals surface area contributed by atoms with E-state index >= 15 is 0 Å². The van der Waals surface area contributed by atoms with E-state index in [0.717, 1.165) is 48.5 Å². The average Bonchev–Trinajstić information content (AvgIpc) is 2.60. The van der Waals surface area contributed by atoms with Gasteiger partial charge in [0.05, 0.1) is 13.2 Å². The summed E-state index contributed by atoms with van der Waals surface area (Å²) in [5.41, 5.74) is 2.81. The van der Waals surface area contributed by atoms with Gasteiger partial charge in [-0.05, 0) is 37.4 Å². The van der Waals surface area contributed by atoms with E-state index in [1.807, 2.05) is 25.3 Å². The smallest absolute Gasteiger partial charge is 0.253 e. The molecule has 2 heterocycles. The van der Waals surface area contributed by atoms with Crippen molar-refractivity contribution in [1.82, 2.24) is 4.57 Å². The molecule has 0 amide bonds. The molecule has 0 atom stereocenters. The van der Waals surface area contributed by atoms with Crippen LogP contribution in [0.5, 0.6) is 5.75 Å². The summed E-state index contributed by atoms with van der Waals surface area (Å²) in [5, 5.41) is 0. The lowest BCUT2D eigenvalue weighted by Crippen LogP contribution is -2.26. The molecule has 4 nitrogen and oxygen atoms in total. The fourth-order valence-corrected chi connectivity index (χ4v) is 3.40. The SMILES string of the molecule is CSc1ccc(OC2CCOCC2)c(-c2cc(C)c(=O)n(C)c2)c1. The molecule has 0 radical (unpaired) electrons. The molecule has 1 saturated heterocycles. The third-order valence-electron chi connectivity index (χ3n) is 4.32. The highest BCUT2D eigenvalue weighted by Crippen LogP contribution is 2.35. The van der Waals surface area contributed by atoms with Crippen molar-refractivity contribution in [3.63, 3.8) is 0 Å². The number of pyridine rings is 1. The predicted molar refractivity (Wildman–Crippen MR) is 98.1 cm³/mol. The van der Waals surface area contributed by atoms with E-state index < -0.39 is 0 Å². The van der Waals surface area contributed by atoms with Crippen LogP contribution in [0.25, 0.3) is 11.1 Å². The molecule has 24 heavy (non-hydrogen) atoms. The van der Waals surface area contributed by atoms with Crippen molar-refractivity contribution in [1.29, 1.82) is 0 Å². The Morgan fingerprint density at radius 2 is 2.00 bits per heavy atom. The molecule has 2 aromatic rings. The predicted octanol–water partition coefficient (Wildman–Crippen LogP) is 3.64. The Kier molecular flexibility index (Phi) is 5.31. The van der Waals surface area contributed by atoms with Crippen LogP contribution in [0.3, 0.4) is 0 Å². The first kappa shape index (κ1) is 17.1. The lowest BCUT2D eigenvalue weighted by molar-refractivity contribution is 0.0258. The summed E-state index contributed by atoms with van der Waals surface area (Å²) in [7, 11) is 1.79. The standard InChI is InChI=1S/C19H23NO3S/c1-13-10-14(12-20(2)19(13)21)17-11-16(24-3)4-5-18(17)23-15-6-8-22-9-7-15/h4-5,10-12,15H,6-9H2,1-3H3. The monoisotopic (exact) mass is 345 g/mol. The third kappa shape index (κ3) is 3.68. The van der Waals surface area contributed by atoms with Crippen molar-refractivity contribution in [3.8, 4) is 16.9 Å². The number of hydrogen-bond acceptors (Lipinski definition) is 4. The van der Waals surface area contributed by atoms with Gasteiger partial charge in [0.15, 0.2) is 0 Å². The first-order valence-electron chi connectivity index (χ1n) is 8.18. The van der Waals surface area contributed by atoms with Crippen molar-refractivity contribution in [2.45, 2.75) is 30.8 Å². The molecule has 3 rings (SSSR count). The fourth-order valence-electron chi connectivity index (χ4n) is 2.96. The Morgan fingerprint density at radius 3 is 2.67 bits per heavy atom. The summed E-state index contributed by atoms with van der Waals surface area (Å²) >= 11 is 1.70. The number of benzene rings is 1. The summed E-state index contributed by atoms with van der Waals surface area (Å²) in [4.78, 5) is 13.2. The second kappa shape index (κ2) is 7.45. The fraction of sp³-hybridized carbons (Fsp3) is 0.421. The minimum absolute atomic E-state index is 0.0340. The van der Waals surface area contributed by atoms with E-state index in [9.17, 15) is 4.79 Å². The van der Waals surface area contributed by atoms with Crippen LogP contribution in [-0.4, -0.2) is 30.1 Å². The topological polar surface area (TPSA) is 40.5 Å². The largest absolute Gasteiger partial charge is 0.490 e. The minimum atomic E-state index is 0.0340. The maximum Gasteiger partial charge on any atom is 0.253 e. The van der Waals surface area contributed by atoms with Crippen LogP contribution < -0.4 is 10.3 Å². The lowest BCUT2D eigenvalue weighted by atomic mass is 10.0. The molecule has 1 aromatic carbocycles. The Labute approximate surface area is 146 Å². The van der Waals surface area contributed by atoms with Crippen LogP contribution in [0.2, 0.25) is 0 Å². The molecule has 0 bridgehead atoms. The van der Waals surface area contributed by atoms with Crippen LogP contribution in [0.4, 0.5) is 0 Å². The zero-order valence-electron chi connectivity index (χ0n) is 14.4. The molecule has 1 fully saturated rings. The van der Waals surface area contributed by atoms with Gasteiger partial charge < -0.3 is 14.0 Å². The van der Waals surface area contributed by atoms with Gasteiger partial charge in [-0.2, -0.15) is 0 Å². The zero-order chi connectivity index (χ0) is 17.1. The quantitative estimate of drug-likeness (QED) is 0.793. The summed E-state index contributed by atoms with van der Waals surface area (Å²) < 4.78 is 13.3. The van der Waals surface area contributed by atoms with Crippen LogP contribution in [0.15, 0.2) is 40.2 Å². The van der Waals surface area contributed by atoms with Gasteiger partial charge in [0.1, 0.15) is 11.9 Å². The molecule has 0 aliphatic carbocycles. The minimum Gasteiger partial charge on any atom is -0.490 e. The zero-order valence-corrected chi connectivity index (χ0v) is 15.2. The molecule has 128 valence electrons. The lowest BCUT2D eigenvalue weighted by Gasteiger charge is -2.25. The second-order valence-electron chi connectivity index (χ2n) is 6.12. The Morgan fingerprint density at radius 1 is 1.25 bits per heavy atom. The van der Waals surface area contributed by atoms with Crippen LogP contribution >= 0.6 is 11.8 Å². The van der Waals surface area contributed by atoms with Crippen LogP contribution in [-0.2, 0) is 11.8 Å². The van der Waals surface area contributed by atoms with Gasteiger partial charge in [-0.1, -0.05) is 0 Å².